The highest BCUT2D eigenvalue weighted by molar-refractivity contribution is 8.00. The van der Waals surface area contributed by atoms with Crippen molar-refractivity contribution in [2.75, 3.05) is 0 Å². The standard InChI is InChI=1S/C20H13ClF2O2S/c21-15-6-9-17(10-7-15)26(24,25)20(12-14-4-2-1-3-5-14)18-13-16(22)8-11-19(18)23/h1-13H. The Morgan fingerprint density at radius 3 is 2.19 bits per heavy atom. The minimum Gasteiger partial charge on any atom is -0.218 e. The van der Waals surface area contributed by atoms with Crippen molar-refractivity contribution in [1.82, 2.24) is 0 Å². The number of halogens is 3. The molecule has 0 bridgehead atoms. The number of sulfone groups is 1. The molecule has 0 spiro atoms. The van der Waals surface area contributed by atoms with Gasteiger partial charge in [0.1, 0.15) is 11.6 Å². The van der Waals surface area contributed by atoms with Crippen molar-refractivity contribution < 1.29 is 17.2 Å². The van der Waals surface area contributed by atoms with Crippen LogP contribution in [0.4, 0.5) is 8.78 Å². The molecule has 0 atom stereocenters. The molecule has 0 heterocycles. The van der Waals surface area contributed by atoms with Gasteiger partial charge in [0, 0.05) is 10.6 Å². The second-order valence-electron chi connectivity index (χ2n) is 5.50. The molecule has 0 aliphatic carbocycles. The number of rotatable bonds is 4. The number of hydrogen-bond acceptors (Lipinski definition) is 2. The maximum atomic E-state index is 14.3. The van der Waals surface area contributed by atoms with Crippen LogP contribution < -0.4 is 0 Å². The molecule has 0 N–H and O–H groups in total. The van der Waals surface area contributed by atoms with Crippen molar-refractivity contribution >= 4 is 32.4 Å². The lowest BCUT2D eigenvalue weighted by Gasteiger charge is -2.12. The van der Waals surface area contributed by atoms with E-state index in [1.165, 1.54) is 30.3 Å². The van der Waals surface area contributed by atoms with Gasteiger partial charge in [0.25, 0.3) is 0 Å². The lowest BCUT2D eigenvalue weighted by atomic mass is 10.1. The summed E-state index contributed by atoms with van der Waals surface area (Å²) in [5, 5.41) is 0.370. The Balaban J connectivity index is 2.26. The second-order valence-corrected chi connectivity index (χ2v) is 7.86. The molecule has 0 aliphatic rings. The van der Waals surface area contributed by atoms with E-state index in [1.54, 1.807) is 30.3 Å². The molecule has 0 unspecified atom stereocenters. The largest absolute Gasteiger partial charge is 0.218 e. The maximum absolute atomic E-state index is 14.3. The van der Waals surface area contributed by atoms with E-state index in [1.807, 2.05) is 0 Å². The van der Waals surface area contributed by atoms with Gasteiger partial charge in [0.05, 0.1) is 9.80 Å². The summed E-state index contributed by atoms with van der Waals surface area (Å²) < 4.78 is 54.2. The molecule has 0 aliphatic heterocycles. The van der Waals surface area contributed by atoms with E-state index in [0.717, 1.165) is 18.2 Å². The van der Waals surface area contributed by atoms with Crippen LogP contribution in [-0.4, -0.2) is 8.42 Å². The summed E-state index contributed by atoms with van der Waals surface area (Å²) in [5.74, 6) is -1.56. The van der Waals surface area contributed by atoms with Gasteiger partial charge in [-0.25, -0.2) is 17.2 Å². The molecule has 0 aromatic heterocycles. The summed E-state index contributed by atoms with van der Waals surface area (Å²) in [6.45, 7) is 0. The maximum Gasteiger partial charge on any atom is 0.207 e. The Morgan fingerprint density at radius 2 is 1.54 bits per heavy atom. The van der Waals surface area contributed by atoms with Crippen molar-refractivity contribution in [2.45, 2.75) is 4.90 Å². The van der Waals surface area contributed by atoms with Crippen LogP contribution in [0.25, 0.3) is 11.0 Å². The summed E-state index contributed by atoms with van der Waals surface area (Å²) >= 11 is 5.82. The van der Waals surface area contributed by atoms with E-state index in [0.29, 0.717) is 10.6 Å². The second kappa shape index (κ2) is 7.40. The van der Waals surface area contributed by atoms with Gasteiger partial charge < -0.3 is 0 Å². The number of hydrogen-bond donors (Lipinski definition) is 0. The van der Waals surface area contributed by atoms with E-state index in [-0.39, 0.29) is 15.4 Å². The molecule has 0 saturated carbocycles. The molecule has 6 heteroatoms. The minimum atomic E-state index is -4.11. The predicted molar refractivity (Wildman–Crippen MR) is 99.3 cm³/mol. The SMILES string of the molecule is O=S(=O)(C(=Cc1ccccc1)c1cc(F)ccc1F)c1ccc(Cl)cc1. The molecule has 26 heavy (non-hydrogen) atoms. The van der Waals surface area contributed by atoms with Gasteiger partial charge in [-0.2, -0.15) is 0 Å². The molecular formula is C20H13ClF2O2S. The van der Waals surface area contributed by atoms with Crippen molar-refractivity contribution in [3.63, 3.8) is 0 Å². The highest BCUT2D eigenvalue weighted by Gasteiger charge is 2.25. The molecule has 3 aromatic rings. The fourth-order valence-corrected chi connectivity index (χ4v) is 4.04. The summed E-state index contributed by atoms with van der Waals surface area (Å²) in [5.41, 5.74) is 0.215. The first-order valence-corrected chi connectivity index (χ1v) is 9.47. The molecule has 3 rings (SSSR count). The topological polar surface area (TPSA) is 34.1 Å². The third-order valence-electron chi connectivity index (χ3n) is 3.70. The van der Waals surface area contributed by atoms with E-state index >= 15 is 0 Å². The molecule has 132 valence electrons. The van der Waals surface area contributed by atoms with Gasteiger partial charge in [0.2, 0.25) is 9.84 Å². The van der Waals surface area contributed by atoms with Crippen LogP contribution in [0.5, 0.6) is 0 Å². The average Bonchev–Trinajstić information content (AvgIpc) is 2.63. The van der Waals surface area contributed by atoms with Crippen LogP contribution >= 0.6 is 11.6 Å². The minimum absolute atomic E-state index is 0.0623. The zero-order chi connectivity index (χ0) is 18.7. The molecule has 0 radical (unpaired) electrons. The first-order valence-electron chi connectivity index (χ1n) is 7.61. The third kappa shape index (κ3) is 3.84. The van der Waals surface area contributed by atoms with Crippen LogP contribution in [0.1, 0.15) is 11.1 Å². The smallest absolute Gasteiger partial charge is 0.207 e. The Bertz CT molecular complexity index is 1060. The molecule has 2 nitrogen and oxygen atoms in total. The van der Waals surface area contributed by atoms with Crippen LogP contribution in [0.15, 0.2) is 77.7 Å². The van der Waals surface area contributed by atoms with E-state index < -0.39 is 21.5 Å². The molecular weight excluding hydrogens is 378 g/mol. The first-order chi connectivity index (χ1) is 12.4. The van der Waals surface area contributed by atoms with Gasteiger partial charge in [0.15, 0.2) is 0 Å². The quantitative estimate of drug-likeness (QED) is 0.544. The first kappa shape index (κ1) is 18.3. The van der Waals surface area contributed by atoms with Crippen molar-refractivity contribution in [3.8, 4) is 0 Å². The summed E-state index contributed by atoms with van der Waals surface area (Å²) in [6, 6.07) is 16.8. The lowest BCUT2D eigenvalue weighted by Crippen LogP contribution is -2.06. The van der Waals surface area contributed by atoms with Crippen LogP contribution in [0.3, 0.4) is 0 Å². The van der Waals surface area contributed by atoms with Crippen molar-refractivity contribution in [2.24, 2.45) is 0 Å². The summed E-state index contributed by atoms with van der Waals surface area (Å²) in [6.07, 6.45) is 1.32. The third-order valence-corrected chi connectivity index (χ3v) is 5.77. The van der Waals surface area contributed by atoms with E-state index in [4.69, 9.17) is 11.6 Å². The predicted octanol–water partition coefficient (Wildman–Crippen LogP) is 5.59. The molecule has 0 fully saturated rings. The van der Waals surface area contributed by atoms with Crippen LogP contribution in [0.2, 0.25) is 5.02 Å². The zero-order valence-electron chi connectivity index (χ0n) is 13.4. The van der Waals surface area contributed by atoms with Gasteiger partial charge in [-0.05, 0) is 54.1 Å². The molecule has 0 saturated heterocycles. The van der Waals surface area contributed by atoms with E-state index in [9.17, 15) is 17.2 Å². The molecule has 3 aromatic carbocycles. The Labute approximate surface area is 155 Å². The Morgan fingerprint density at radius 1 is 0.885 bits per heavy atom. The number of benzene rings is 3. The zero-order valence-corrected chi connectivity index (χ0v) is 14.9. The van der Waals surface area contributed by atoms with Crippen molar-refractivity contribution in [3.05, 3.63) is 101 Å². The van der Waals surface area contributed by atoms with Gasteiger partial charge in [-0.15, -0.1) is 0 Å². The Hall–Kier alpha value is -2.50. The van der Waals surface area contributed by atoms with Gasteiger partial charge in [-0.1, -0.05) is 41.9 Å². The van der Waals surface area contributed by atoms with E-state index in [2.05, 4.69) is 0 Å². The summed E-state index contributed by atoms with van der Waals surface area (Å²) in [4.78, 5) is -0.393. The fraction of sp³-hybridized carbons (Fsp3) is 0. The highest BCUT2D eigenvalue weighted by Crippen LogP contribution is 2.32. The molecule has 0 amide bonds. The summed E-state index contributed by atoms with van der Waals surface area (Å²) in [7, 11) is -4.11. The van der Waals surface area contributed by atoms with Crippen molar-refractivity contribution in [1.29, 1.82) is 0 Å². The average molecular weight is 391 g/mol. The monoisotopic (exact) mass is 390 g/mol. The van der Waals surface area contributed by atoms with Crippen LogP contribution in [0, 0.1) is 11.6 Å². The van der Waals surface area contributed by atoms with Crippen LogP contribution in [-0.2, 0) is 9.84 Å². The normalized spacial score (nSPS) is 12.2. The van der Waals surface area contributed by atoms with Gasteiger partial charge in [-0.3, -0.25) is 0 Å². The highest BCUT2D eigenvalue weighted by atomic mass is 35.5. The van der Waals surface area contributed by atoms with Gasteiger partial charge >= 0.3 is 0 Å². The fourth-order valence-electron chi connectivity index (χ4n) is 2.43. The Kier molecular flexibility index (Phi) is 5.20. The lowest BCUT2D eigenvalue weighted by molar-refractivity contribution is 0.594.